The Bertz CT molecular complexity index is 879. The highest BCUT2D eigenvalue weighted by molar-refractivity contribution is 5.91. The summed E-state index contributed by atoms with van der Waals surface area (Å²) in [6.07, 6.45) is -3.01. The second-order valence-electron chi connectivity index (χ2n) is 6.16. The average molecular weight is 396 g/mol. The molecule has 0 aromatic heterocycles. The molecule has 28 heavy (non-hydrogen) atoms. The van der Waals surface area contributed by atoms with Crippen molar-refractivity contribution < 1.29 is 27.1 Å². The van der Waals surface area contributed by atoms with Gasteiger partial charge in [0.15, 0.2) is 5.82 Å². The molecule has 4 nitrogen and oxygen atoms in total. The van der Waals surface area contributed by atoms with Crippen molar-refractivity contribution in [2.75, 3.05) is 13.6 Å². The van der Waals surface area contributed by atoms with Gasteiger partial charge in [-0.05, 0) is 43.7 Å². The summed E-state index contributed by atoms with van der Waals surface area (Å²) < 4.78 is 57.7. The molecule has 0 bridgehead atoms. The number of rotatable bonds is 6. The van der Waals surface area contributed by atoms with Crippen LogP contribution in [-0.2, 0) is 17.5 Å². The van der Waals surface area contributed by atoms with E-state index in [1.54, 1.807) is 11.9 Å². The first-order valence-electron chi connectivity index (χ1n) is 8.50. The third kappa shape index (κ3) is 5.31. The Morgan fingerprint density at radius 3 is 2.61 bits per heavy atom. The summed E-state index contributed by atoms with van der Waals surface area (Å²) in [6, 6.07) is 7.21. The molecule has 2 rings (SSSR count). The fraction of sp³-hybridized carbons (Fsp3) is 0.300. The summed E-state index contributed by atoms with van der Waals surface area (Å²) in [6.45, 7) is 3.67. The standard InChI is InChI=1S/C20H20F4N2O2/c1-4-26(3)12-25-17-9-8-16(13(2)18(17)21)19(27)28-11-14-6-5-7-15(10-14)20(22,23)24/h5-10,12H,4,11H2,1-3H3. The van der Waals surface area contributed by atoms with Gasteiger partial charge in [-0.2, -0.15) is 13.2 Å². The summed E-state index contributed by atoms with van der Waals surface area (Å²) >= 11 is 0. The fourth-order valence-corrected chi connectivity index (χ4v) is 2.30. The minimum Gasteiger partial charge on any atom is -0.457 e. The molecule has 0 aliphatic carbocycles. The number of carbonyl (C=O) groups is 1. The first-order chi connectivity index (χ1) is 13.1. The van der Waals surface area contributed by atoms with Gasteiger partial charge in [-0.1, -0.05) is 12.1 Å². The van der Waals surface area contributed by atoms with Gasteiger partial charge in [-0.25, -0.2) is 14.2 Å². The van der Waals surface area contributed by atoms with Gasteiger partial charge in [0, 0.05) is 19.2 Å². The number of halogens is 4. The highest BCUT2D eigenvalue weighted by Crippen LogP contribution is 2.30. The molecule has 0 aliphatic rings. The summed E-state index contributed by atoms with van der Waals surface area (Å²) in [5.41, 5.74) is -0.519. The van der Waals surface area contributed by atoms with Gasteiger partial charge in [0.25, 0.3) is 0 Å². The molecule has 8 heteroatoms. The predicted molar refractivity (Wildman–Crippen MR) is 98.2 cm³/mol. The Morgan fingerprint density at radius 1 is 1.25 bits per heavy atom. The zero-order chi connectivity index (χ0) is 20.9. The van der Waals surface area contributed by atoms with Crippen LogP contribution in [0.15, 0.2) is 41.4 Å². The zero-order valence-electron chi connectivity index (χ0n) is 15.7. The molecular formula is C20H20F4N2O2. The molecule has 0 aliphatic heterocycles. The number of carbonyl (C=O) groups excluding carboxylic acids is 1. The largest absolute Gasteiger partial charge is 0.457 e. The van der Waals surface area contributed by atoms with Crippen molar-refractivity contribution >= 4 is 18.0 Å². The van der Waals surface area contributed by atoms with E-state index in [4.69, 9.17) is 4.74 Å². The maximum absolute atomic E-state index is 14.5. The summed E-state index contributed by atoms with van der Waals surface area (Å²) in [5.74, 6) is -1.48. The molecule has 0 fully saturated rings. The quantitative estimate of drug-likeness (QED) is 0.295. The monoisotopic (exact) mass is 396 g/mol. The van der Waals surface area contributed by atoms with Gasteiger partial charge in [0.2, 0.25) is 0 Å². The molecule has 0 radical (unpaired) electrons. The number of nitrogens with zero attached hydrogens (tertiary/aromatic N) is 2. The van der Waals surface area contributed by atoms with Crippen molar-refractivity contribution in [2.45, 2.75) is 26.6 Å². The van der Waals surface area contributed by atoms with Crippen LogP contribution in [0.5, 0.6) is 0 Å². The Labute approximate surface area is 160 Å². The van der Waals surface area contributed by atoms with Crippen LogP contribution in [0, 0.1) is 12.7 Å². The third-order valence-electron chi connectivity index (χ3n) is 4.10. The molecule has 0 saturated carbocycles. The fourth-order valence-electron chi connectivity index (χ4n) is 2.30. The van der Waals surface area contributed by atoms with Gasteiger partial charge >= 0.3 is 12.1 Å². The molecule has 0 spiro atoms. The normalized spacial score (nSPS) is 11.7. The second kappa shape index (κ2) is 8.86. The van der Waals surface area contributed by atoms with Gasteiger partial charge in [-0.3, -0.25) is 0 Å². The molecule has 0 N–H and O–H groups in total. The van der Waals surface area contributed by atoms with Crippen molar-refractivity contribution in [3.8, 4) is 0 Å². The molecule has 2 aromatic rings. The van der Waals surface area contributed by atoms with Crippen LogP contribution in [0.1, 0.15) is 34.0 Å². The Balaban J connectivity index is 2.13. The van der Waals surface area contributed by atoms with Crippen LogP contribution in [0.2, 0.25) is 0 Å². The highest BCUT2D eigenvalue weighted by atomic mass is 19.4. The van der Waals surface area contributed by atoms with Crippen LogP contribution in [0.4, 0.5) is 23.2 Å². The van der Waals surface area contributed by atoms with E-state index in [9.17, 15) is 22.4 Å². The maximum Gasteiger partial charge on any atom is 0.416 e. The number of hydrogen-bond donors (Lipinski definition) is 0. The van der Waals surface area contributed by atoms with Crippen molar-refractivity contribution in [2.24, 2.45) is 4.99 Å². The number of benzene rings is 2. The lowest BCUT2D eigenvalue weighted by Crippen LogP contribution is -2.14. The smallest absolute Gasteiger partial charge is 0.416 e. The lowest BCUT2D eigenvalue weighted by atomic mass is 10.1. The van der Waals surface area contributed by atoms with E-state index in [0.717, 1.165) is 12.1 Å². The van der Waals surface area contributed by atoms with Gasteiger partial charge in [-0.15, -0.1) is 0 Å². The van der Waals surface area contributed by atoms with Crippen molar-refractivity contribution in [1.82, 2.24) is 4.90 Å². The molecule has 0 heterocycles. The van der Waals surface area contributed by atoms with Gasteiger partial charge in [0.1, 0.15) is 12.3 Å². The molecule has 2 aromatic carbocycles. The summed E-state index contributed by atoms with van der Waals surface area (Å²) in [7, 11) is 1.79. The van der Waals surface area contributed by atoms with E-state index >= 15 is 0 Å². The van der Waals surface area contributed by atoms with Gasteiger partial charge in [0.05, 0.1) is 17.5 Å². The lowest BCUT2D eigenvalue weighted by molar-refractivity contribution is -0.137. The van der Waals surface area contributed by atoms with E-state index in [-0.39, 0.29) is 29.0 Å². The lowest BCUT2D eigenvalue weighted by Gasteiger charge is -2.12. The number of alkyl halides is 3. The Kier molecular flexibility index (Phi) is 6.77. The maximum atomic E-state index is 14.5. The Hall–Kier alpha value is -2.90. The van der Waals surface area contributed by atoms with E-state index in [2.05, 4.69) is 4.99 Å². The topological polar surface area (TPSA) is 41.9 Å². The number of hydrogen-bond acceptors (Lipinski definition) is 3. The minimum atomic E-state index is -4.48. The molecule has 0 atom stereocenters. The van der Waals surface area contributed by atoms with E-state index < -0.39 is 23.5 Å². The first kappa shape index (κ1) is 21.4. The number of esters is 1. The van der Waals surface area contributed by atoms with E-state index in [0.29, 0.717) is 6.54 Å². The van der Waals surface area contributed by atoms with Crippen molar-refractivity contribution in [3.63, 3.8) is 0 Å². The summed E-state index contributed by atoms with van der Waals surface area (Å²) in [5, 5.41) is 0. The molecule has 150 valence electrons. The zero-order valence-corrected chi connectivity index (χ0v) is 15.7. The predicted octanol–water partition coefficient (Wildman–Crippen LogP) is 5.12. The second-order valence-corrected chi connectivity index (χ2v) is 6.16. The average Bonchev–Trinajstić information content (AvgIpc) is 2.66. The number of aliphatic imine (C=N–C) groups is 1. The van der Waals surface area contributed by atoms with Crippen molar-refractivity contribution in [3.05, 3.63) is 64.5 Å². The van der Waals surface area contributed by atoms with Crippen molar-refractivity contribution in [1.29, 1.82) is 0 Å². The van der Waals surface area contributed by atoms with E-state index in [1.807, 2.05) is 6.92 Å². The third-order valence-corrected chi connectivity index (χ3v) is 4.10. The molecule has 0 amide bonds. The van der Waals surface area contributed by atoms with Crippen LogP contribution in [-0.4, -0.2) is 30.8 Å². The van der Waals surface area contributed by atoms with Gasteiger partial charge < -0.3 is 9.64 Å². The Morgan fingerprint density at radius 2 is 1.96 bits per heavy atom. The highest BCUT2D eigenvalue weighted by Gasteiger charge is 2.30. The van der Waals surface area contributed by atoms with Crippen LogP contribution in [0.25, 0.3) is 0 Å². The van der Waals surface area contributed by atoms with Crippen LogP contribution in [0.3, 0.4) is 0 Å². The van der Waals surface area contributed by atoms with Crippen LogP contribution < -0.4 is 0 Å². The SMILES string of the molecule is CCN(C)C=Nc1ccc(C(=O)OCc2cccc(C(F)(F)F)c2)c(C)c1F. The summed E-state index contributed by atoms with van der Waals surface area (Å²) in [4.78, 5) is 18.0. The molecule has 0 saturated heterocycles. The first-order valence-corrected chi connectivity index (χ1v) is 8.50. The minimum absolute atomic E-state index is 0.00716. The van der Waals surface area contributed by atoms with E-state index in [1.165, 1.54) is 37.5 Å². The molecular weight excluding hydrogens is 376 g/mol. The van der Waals surface area contributed by atoms with Crippen LogP contribution >= 0.6 is 0 Å². The number of ether oxygens (including phenoxy) is 1. The molecule has 0 unspecified atom stereocenters.